The molecule has 2 aromatic heterocycles. The zero-order valence-corrected chi connectivity index (χ0v) is 5.56. The molecule has 0 aliphatic heterocycles. The van der Waals surface area contributed by atoms with Crippen LogP contribution in [0, 0.1) is 6.33 Å². The van der Waals surface area contributed by atoms with Crippen LogP contribution in [0.1, 0.15) is 0 Å². The van der Waals surface area contributed by atoms with E-state index in [0.29, 0.717) is 5.89 Å². The van der Waals surface area contributed by atoms with Gasteiger partial charge in [0.15, 0.2) is 0 Å². The molecule has 0 spiro atoms. The Kier molecular flexibility index (Phi) is 1.37. The van der Waals surface area contributed by atoms with Crippen molar-refractivity contribution < 1.29 is 4.52 Å². The quantitative estimate of drug-likeness (QED) is 0.600. The van der Waals surface area contributed by atoms with Crippen molar-refractivity contribution in [1.82, 2.24) is 15.1 Å². The lowest BCUT2D eigenvalue weighted by molar-refractivity contribution is 0.429. The molecule has 2 rings (SSSR count). The fourth-order valence-electron chi connectivity index (χ4n) is 0.762. The minimum Gasteiger partial charge on any atom is -0.333 e. The number of rotatable bonds is 1. The molecule has 2 aromatic rings. The first-order valence-electron chi connectivity index (χ1n) is 3.07. The van der Waals surface area contributed by atoms with E-state index in [1.54, 1.807) is 24.5 Å². The maximum Gasteiger partial charge on any atom is 0.258 e. The molecular weight excluding hydrogens is 142 g/mol. The minimum absolute atomic E-state index is 0.465. The maximum absolute atomic E-state index is 4.78. The summed E-state index contributed by atoms with van der Waals surface area (Å²) in [5, 5.41) is 3.37. The first-order valence-corrected chi connectivity index (χ1v) is 3.07. The van der Waals surface area contributed by atoms with Crippen LogP contribution in [0.15, 0.2) is 29.0 Å². The average molecular weight is 146 g/mol. The topological polar surface area (TPSA) is 51.8 Å². The molecule has 0 amide bonds. The van der Waals surface area contributed by atoms with Gasteiger partial charge in [-0.3, -0.25) is 4.98 Å². The Hall–Kier alpha value is -1.71. The van der Waals surface area contributed by atoms with Gasteiger partial charge in [-0.05, 0) is 12.1 Å². The summed E-state index contributed by atoms with van der Waals surface area (Å²) in [4.78, 5) is 7.61. The first kappa shape index (κ1) is 6.03. The van der Waals surface area contributed by atoms with Crippen molar-refractivity contribution in [2.45, 2.75) is 0 Å². The highest BCUT2D eigenvalue weighted by Crippen LogP contribution is 2.12. The van der Waals surface area contributed by atoms with Crippen molar-refractivity contribution >= 4 is 0 Å². The van der Waals surface area contributed by atoms with Gasteiger partial charge in [-0.25, -0.2) is 0 Å². The molecule has 0 fully saturated rings. The van der Waals surface area contributed by atoms with Crippen LogP contribution in [-0.2, 0) is 0 Å². The average Bonchev–Trinajstić information content (AvgIpc) is 2.58. The van der Waals surface area contributed by atoms with Crippen molar-refractivity contribution in [1.29, 1.82) is 0 Å². The lowest BCUT2D eigenvalue weighted by Gasteiger charge is -1.88. The molecule has 11 heavy (non-hydrogen) atoms. The van der Waals surface area contributed by atoms with Crippen molar-refractivity contribution in [3.63, 3.8) is 0 Å². The van der Waals surface area contributed by atoms with Gasteiger partial charge in [0.1, 0.15) is 0 Å². The van der Waals surface area contributed by atoms with Crippen LogP contribution in [0.25, 0.3) is 11.5 Å². The second-order valence-corrected chi connectivity index (χ2v) is 1.94. The number of nitrogens with zero attached hydrogens (tertiary/aromatic N) is 3. The predicted octanol–water partition coefficient (Wildman–Crippen LogP) is 0.932. The van der Waals surface area contributed by atoms with Gasteiger partial charge in [-0.1, -0.05) is 5.16 Å². The van der Waals surface area contributed by atoms with Gasteiger partial charge in [0.05, 0.1) is 0 Å². The van der Waals surface area contributed by atoms with Crippen LogP contribution < -0.4 is 0 Å². The lowest BCUT2D eigenvalue weighted by Crippen LogP contribution is -1.76. The molecule has 4 nitrogen and oxygen atoms in total. The molecule has 0 aliphatic carbocycles. The summed E-state index contributed by atoms with van der Waals surface area (Å²) in [7, 11) is 0. The summed E-state index contributed by atoms with van der Waals surface area (Å²) >= 11 is 0. The summed E-state index contributed by atoms with van der Waals surface area (Å²) in [6.45, 7) is 0. The van der Waals surface area contributed by atoms with Crippen LogP contribution in [0.2, 0.25) is 0 Å². The van der Waals surface area contributed by atoms with E-state index in [4.69, 9.17) is 4.52 Å². The van der Waals surface area contributed by atoms with Gasteiger partial charge in [0.2, 0.25) is 6.33 Å². The highest BCUT2D eigenvalue weighted by Gasteiger charge is 2.00. The first-order chi connectivity index (χ1) is 5.47. The number of aromatic nitrogens is 3. The van der Waals surface area contributed by atoms with Crippen LogP contribution in [0.5, 0.6) is 0 Å². The molecule has 0 aromatic carbocycles. The molecule has 4 heteroatoms. The summed E-state index contributed by atoms with van der Waals surface area (Å²) in [6.07, 6.45) is 5.67. The largest absolute Gasteiger partial charge is 0.333 e. The van der Waals surface area contributed by atoms with E-state index in [1.807, 2.05) is 0 Å². The molecule has 0 saturated carbocycles. The molecule has 1 radical (unpaired) electrons. The molecule has 0 saturated heterocycles. The molecular formula is C7H4N3O. The molecule has 0 aliphatic rings. The van der Waals surface area contributed by atoms with E-state index in [0.717, 1.165) is 5.56 Å². The lowest BCUT2D eigenvalue weighted by atomic mass is 10.3. The number of pyridine rings is 1. The van der Waals surface area contributed by atoms with Crippen molar-refractivity contribution in [3.8, 4) is 11.5 Å². The van der Waals surface area contributed by atoms with Gasteiger partial charge in [0.25, 0.3) is 5.89 Å². The highest BCUT2D eigenvalue weighted by atomic mass is 16.5. The van der Waals surface area contributed by atoms with Gasteiger partial charge in [0, 0.05) is 18.0 Å². The van der Waals surface area contributed by atoms with Crippen LogP contribution in [-0.4, -0.2) is 15.1 Å². The third-order valence-electron chi connectivity index (χ3n) is 1.25. The fourth-order valence-corrected chi connectivity index (χ4v) is 0.762. The second-order valence-electron chi connectivity index (χ2n) is 1.94. The maximum atomic E-state index is 4.78. The molecule has 2 heterocycles. The molecule has 0 atom stereocenters. The van der Waals surface area contributed by atoms with E-state index in [2.05, 4.69) is 21.5 Å². The molecule has 0 N–H and O–H groups in total. The summed E-state index contributed by atoms with van der Waals surface area (Å²) in [5.41, 5.74) is 0.855. The smallest absolute Gasteiger partial charge is 0.258 e. The van der Waals surface area contributed by atoms with Gasteiger partial charge >= 0.3 is 0 Å². The van der Waals surface area contributed by atoms with Crippen LogP contribution in [0.3, 0.4) is 0 Å². The third-order valence-corrected chi connectivity index (χ3v) is 1.25. The third kappa shape index (κ3) is 1.10. The SMILES string of the molecule is [c]1noc(-c2ccncc2)n1. The summed E-state index contributed by atoms with van der Waals surface area (Å²) in [5.74, 6) is 0.465. The highest BCUT2D eigenvalue weighted by molar-refractivity contribution is 5.50. The van der Waals surface area contributed by atoms with E-state index < -0.39 is 0 Å². The van der Waals surface area contributed by atoms with Crippen LogP contribution in [0.4, 0.5) is 0 Å². The molecule has 0 unspecified atom stereocenters. The summed E-state index contributed by atoms with van der Waals surface area (Å²) < 4.78 is 4.78. The Balaban J connectivity index is 2.46. The predicted molar refractivity (Wildman–Crippen MR) is 36.4 cm³/mol. The standard InChI is InChI=1S/C7H4N3O/c1-3-8-4-2-6(1)7-9-5-10-11-7/h1-4H. The van der Waals surface area contributed by atoms with Crippen LogP contribution >= 0.6 is 0 Å². The van der Waals surface area contributed by atoms with Gasteiger partial charge in [-0.2, -0.15) is 4.98 Å². The zero-order valence-electron chi connectivity index (χ0n) is 5.56. The zero-order chi connectivity index (χ0) is 7.52. The van der Waals surface area contributed by atoms with E-state index in [9.17, 15) is 0 Å². The van der Waals surface area contributed by atoms with E-state index in [1.165, 1.54) is 0 Å². The Bertz CT molecular complexity index is 317. The monoisotopic (exact) mass is 146 g/mol. The van der Waals surface area contributed by atoms with Gasteiger partial charge < -0.3 is 4.52 Å². The number of hydrogen-bond acceptors (Lipinski definition) is 4. The van der Waals surface area contributed by atoms with Crippen molar-refractivity contribution in [2.75, 3.05) is 0 Å². The Morgan fingerprint density at radius 2 is 2.09 bits per heavy atom. The van der Waals surface area contributed by atoms with Crippen molar-refractivity contribution in [3.05, 3.63) is 30.9 Å². The Morgan fingerprint density at radius 3 is 2.73 bits per heavy atom. The molecule has 53 valence electrons. The summed E-state index contributed by atoms with van der Waals surface area (Å²) in [6, 6.07) is 3.59. The Labute approximate surface area is 62.9 Å². The van der Waals surface area contributed by atoms with Crippen molar-refractivity contribution in [2.24, 2.45) is 0 Å². The second kappa shape index (κ2) is 2.49. The van der Waals surface area contributed by atoms with Gasteiger partial charge in [-0.15, -0.1) is 0 Å². The number of hydrogen-bond donors (Lipinski definition) is 0. The minimum atomic E-state index is 0.465. The van der Waals surface area contributed by atoms with E-state index >= 15 is 0 Å². The fraction of sp³-hybridized carbons (Fsp3) is 0. The Morgan fingerprint density at radius 1 is 1.27 bits per heavy atom. The normalized spacial score (nSPS) is 9.82. The molecule has 0 bridgehead atoms. The van der Waals surface area contributed by atoms with E-state index in [-0.39, 0.29) is 0 Å².